The molecule has 1 saturated carbocycles. The van der Waals surface area contributed by atoms with Crippen molar-refractivity contribution < 1.29 is 14.6 Å². The maximum atomic E-state index is 11.7. The van der Waals surface area contributed by atoms with Crippen LogP contribution in [0.4, 0.5) is 0 Å². The largest absolute Gasteiger partial charge is 0.484 e. The van der Waals surface area contributed by atoms with E-state index >= 15 is 0 Å². The summed E-state index contributed by atoms with van der Waals surface area (Å²) in [5, 5.41) is 15.9. The number of guanidine groups is 1. The van der Waals surface area contributed by atoms with E-state index in [9.17, 15) is 9.90 Å². The van der Waals surface area contributed by atoms with Crippen molar-refractivity contribution in [2.75, 3.05) is 26.2 Å². The van der Waals surface area contributed by atoms with E-state index in [-0.39, 0.29) is 18.6 Å². The molecule has 7 heteroatoms. The van der Waals surface area contributed by atoms with Crippen molar-refractivity contribution in [2.24, 2.45) is 4.99 Å². The second-order valence-corrected chi connectivity index (χ2v) is 6.84. The molecule has 2 fully saturated rings. The fourth-order valence-corrected chi connectivity index (χ4v) is 2.91. The molecule has 0 aromatic heterocycles. The van der Waals surface area contributed by atoms with Gasteiger partial charge in [-0.2, -0.15) is 0 Å². The molecule has 1 aromatic rings. The van der Waals surface area contributed by atoms with Gasteiger partial charge in [-0.05, 0) is 43.9 Å². The van der Waals surface area contributed by atoms with Crippen molar-refractivity contribution in [3.8, 4) is 5.75 Å². The first-order valence-electron chi connectivity index (χ1n) is 9.36. The number of aliphatic imine (C=N–C) groups is 1. The summed E-state index contributed by atoms with van der Waals surface area (Å²) in [7, 11) is 0. The zero-order chi connectivity index (χ0) is 18.4. The predicted octanol–water partition coefficient (Wildman–Crippen LogP) is 0.876. The van der Waals surface area contributed by atoms with Crippen LogP contribution in [0.15, 0.2) is 29.3 Å². The first-order valence-corrected chi connectivity index (χ1v) is 9.36. The Bertz CT molecular complexity index is 645. The standard InChI is InChI=1S/C19H28N4O3/c1-2-20-19(23-9-8-16(24)12-23)21-11-14-4-3-5-17(10-14)26-13-18(25)22-15-6-7-15/h3-5,10,15-16,24H,2,6-9,11-13H2,1H3,(H,20,21)(H,22,25)/t16-/m1/s1. The lowest BCUT2D eigenvalue weighted by molar-refractivity contribution is -0.123. The highest BCUT2D eigenvalue weighted by Crippen LogP contribution is 2.19. The molecule has 1 amide bonds. The maximum Gasteiger partial charge on any atom is 0.258 e. The smallest absolute Gasteiger partial charge is 0.258 e. The Morgan fingerprint density at radius 2 is 2.23 bits per heavy atom. The number of likely N-dealkylation sites (tertiary alicyclic amines) is 1. The van der Waals surface area contributed by atoms with Gasteiger partial charge < -0.3 is 25.4 Å². The van der Waals surface area contributed by atoms with Crippen LogP contribution in [0.5, 0.6) is 5.75 Å². The number of hydrogen-bond acceptors (Lipinski definition) is 4. The molecule has 26 heavy (non-hydrogen) atoms. The van der Waals surface area contributed by atoms with Crippen molar-refractivity contribution in [1.29, 1.82) is 0 Å². The molecule has 0 spiro atoms. The molecule has 1 aromatic carbocycles. The molecule has 0 bridgehead atoms. The number of nitrogens with zero attached hydrogens (tertiary/aromatic N) is 2. The lowest BCUT2D eigenvalue weighted by atomic mass is 10.2. The topological polar surface area (TPSA) is 86.2 Å². The molecule has 3 N–H and O–H groups in total. The average Bonchev–Trinajstić information content (AvgIpc) is 3.34. The van der Waals surface area contributed by atoms with Crippen molar-refractivity contribution in [3.63, 3.8) is 0 Å². The van der Waals surface area contributed by atoms with Crippen molar-refractivity contribution >= 4 is 11.9 Å². The first kappa shape index (κ1) is 18.5. The molecule has 1 aliphatic carbocycles. The van der Waals surface area contributed by atoms with Crippen LogP contribution >= 0.6 is 0 Å². The Morgan fingerprint density at radius 3 is 2.92 bits per heavy atom. The van der Waals surface area contributed by atoms with Gasteiger partial charge in [-0.3, -0.25) is 4.79 Å². The average molecular weight is 360 g/mol. The van der Waals surface area contributed by atoms with Gasteiger partial charge in [0.25, 0.3) is 5.91 Å². The molecule has 3 rings (SSSR count). The SMILES string of the molecule is CCNC(=NCc1cccc(OCC(=O)NC2CC2)c1)N1CC[C@@H](O)C1. The van der Waals surface area contributed by atoms with E-state index in [1.54, 1.807) is 0 Å². The zero-order valence-electron chi connectivity index (χ0n) is 15.3. The number of ether oxygens (including phenoxy) is 1. The Hall–Kier alpha value is -2.28. The highest BCUT2D eigenvalue weighted by atomic mass is 16.5. The third-order valence-corrected chi connectivity index (χ3v) is 4.42. The van der Waals surface area contributed by atoms with Gasteiger partial charge >= 0.3 is 0 Å². The van der Waals surface area contributed by atoms with Crippen LogP contribution in [-0.4, -0.2) is 60.3 Å². The number of aliphatic hydroxyl groups excluding tert-OH is 1. The normalized spacial score (nSPS) is 20.2. The Labute approximate surface area is 154 Å². The van der Waals surface area contributed by atoms with E-state index < -0.39 is 0 Å². The van der Waals surface area contributed by atoms with Crippen LogP contribution in [0.2, 0.25) is 0 Å². The summed E-state index contributed by atoms with van der Waals surface area (Å²) in [6, 6.07) is 8.00. The summed E-state index contributed by atoms with van der Waals surface area (Å²) in [6.45, 7) is 4.79. The quantitative estimate of drug-likeness (QED) is 0.496. The summed E-state index contributed by atoms with van der Waals surface area (Å²) >= 11 is 0. The lowest BCUT2D eigenvalue weighted by Gasteiger charge is -2.21. The molecular weight excluding hydrogens is 332 g/mol. The molecule has 1 heterocycles. The minimum absolute atomic E-state index is 0.0392. The van der Waals surface area contributed by atoms with Crippen molar-refractivity contribution in [2.45, 2.75) is 44.9 Å². The van der Waals surface area contributed by atoms with Crippen LogP contribution in [0.1, 0.15) is 31.7 Å². The van der Waals surface area contributed by atoms with E-state index in [1.807, 2.05) is 31.2 Å². The monoisotopic (exact) mass is 360 g/mol. The third-order valence-electron chi connectivity index (χ3n) is 4.42. The van der Waals surface area contributed by atoms with Crippen LogP contribution in [0.3, 0.4) is 0 Å². The number of amides is 1. The van der Waals surface area contributed by atoms with Gasteiger partial charge in [-0.15, -0.1) is 0 Å². The summed E-state index contributed by atoms with van der Waals surface area (Å²) in [6.07, 6.45) is 2.64. The number of β-amino-alcohol motifs (C(OH)–C–C–N with tert-alkyl or cyclic N) is 1. The Kier molecular flexibility index (Phi) is 6.33. The lowest BCUT2D eigenvalue weighted by Crippen LogP contribution is -2.40. The minimum Gasteiger partial charge on any atom is -0.484 e. The van der Waals surface area contributed by atoms with Gasteiger partial charge in [0.2, 0.25) is 0 Å². The number of aliphatic hydroxyl groups is 1. The fourth-order valence-electron chi connectivity index (χ4n) is 2.91. The summed E-state index contributed by atoms with van der Waals surface area (Å²) < 4.78 is 5.59. The first-order chi connectivity index (χ1) is 12.6. The fraction of sp³-hybridized carbons (Fsp3) is 0.579. The number of carbonyl (C=O) groups is 1. The third kappa shape index (κ3) is 5.62. The van der Waals surface area contributed by atoms with Gasteiger partial charge in [0.15, 0.2) is 12.6 Å². The Morgan fingerprint density at radius 1 is 1.38 bits per heavy atom. The molecule has 0 unspecified atom stereocenters. The molecule has 0 radical (unpaired) electrons. The second kappa shape index (κ2) is 8.89. The number of hydrogen-bond donors (Lipinski definition) is 3. The molecule has 142 valence electrons. The van der Waals surface area contributed by atoms with E-state index in [1.165, 1.54) is 0 Å². The molecule has 2 aliphatic rings. The van der Waals surface area contributed by atoms with E-state index in [0.717, 1.165) is 43.9 Å². The summed E-state index contributed by atoms with van der Waals surface area (Å²) in [5.41, 5.74) is 1.01. The van der Waals surface area contributed by atoms with E-state index in [2.05, 4.69) is 20.5 Å². The van der Waals surface area contributed by atoms with Crippen molar-refractivity contribution in [3.05, 3.63) is 29.8 Å². The van der Waals surface area contributed by atoms with Gasteiger partial charge in [-0.1, -0.05) is 12.1 Å². The van der Waals surface area contributed by atoms with E-state index in [4.69, 9.17) is 4.74 Å². The van der Waals surface area contributed by atoms with Crippen molar-refractivity contribution in [1.82, 2.24) is 15.5 Å². The molecule has 1 aliphatic heterocycles. The van der Waals surface area contributed by atoms with Crippen LogP contribution in [-0.2, 0) is 11.3 Å². The van der Waals surface area contributed by atoms with Gasteiger partial charge in [0.05, 0.1) is 12.6 Å². The van der Waals surface area contributed by atoms with E-state index in [0.29, 0.717) is 24.9 Å². The molecule has 7 nitrogen and oxygen atoms in total. The summed E-state index contributed by atoms with van der Waals surface area (Å²) in [5.74, 6) is 1.42. The second-order valence-electron chi connectivity index (χ2n) is 6.84. The van der Waals surface area contributed by atoms with Gasteiger partial charge in [0, 0.05) is 25.7 Å². The minimum atomic E-state index is -0.280. The number of rotatable bonds is 7. The molecule has 1 saturated heterocycles. The van der Waals surface area contributed by atoms with Crippen LogP contribution < -0.4 is 15.4 Å². The summed E-state index contributed by atoms with van der Waals surface area (Å²) in [4.78, 5) is 18.5. The zero-order valence-corrected chi connectivity index (χ0v) is 15.3. The highest BCUT2D eigenvalue weighted by molar-refractivity contribution is 5.80. The van der Waals surface area contributed by atoms with Crippen LogP contribution in [0, 0.1) is 0 Å². The number of carbonyl (C=O) groups excluding carboxylic acids is 1. The molecular formula is C19H28N4O3. The maximum absolute atomic E-state index is 11.7. The van der Waals surface area contributed by atoms with Gasteiger partial charge in [0.1, 0.15) is 5.75 Å². The highest BCUT2D eigenvalue weighted by Gasteiger charge is 2.23. The van der Waals surface area contributed by atoms with Gasteiger partial charge in [-0.25, -0.2) is 4.99 Å². The Balaban J connectivity index is 1.55. The molecule has 1 atom stereocenters. The number of benzene rings is 1. The van der Waals surface area contributed by atoms with Crippen LogP contribution in [0.25, 0.3) is 0 Å². The number of nitrogens with one attached hydrogen (secondary N) is 2. The predicted molar refractivity (Wildman–Crippen MR) is 100 cm³/mol.